The summed E-state index contributed by atoms with van der Waals surface area (Å²) in [5.41, 5.74) is 3.56. The minimum atomic E-state index is -0.131. The number of aryl methyl sites for hydroxylation is 1. The fourth-order valence-corrected chi connectivity index (χ4v) is 3.21. The summed E-state index contributed by atoms with van der Waals surface area (Å²) in [6, 6.07) is 8.25. The van der Waals surface area contributed by atoms with Crippen LogP contribution in [0, 0.1) is 6.92 Å². The quantitative estimate of drug-likeness (QED) is 0.861. The van der Waals surface area contributed by atoms with E-state index in [1.54, 1.807) is 6.92 Å². The lowest BCUT2D eigenvalue weighted by molar-refractivity contribution is 0.0340. The highest BCUT2D eigenvalue weighted by Crippen LogP contribution is 2.22. The number of ether oxygens (including phenoxy) is 1. The molecule has 2 aromatic rings. The van der Waals surface area contributed by atoms with E-state index in [1.807, 2.05) is 26.0 Å². The third-order valence-corrected chi connectivity index (χ3v) is 4.70. The fourth-order valence-electron chi connectivity index (χ4n) is 3.21. The zero-order valence-electron chi connectivity index (χ0n) is 15.7. The van der Waals surface area contributed by atoms with Crippen molar-refractivity contribution in [3.8, 4) is 0 Å². The lowest BCUT2D eigenvalue weighted by atomic mass is 10.0. The summed E-state index contributed by atoms with van der Waals surface area (Å²) in [6.45, 7) is 10.6. The number of nitrogens with zero attached hydrogens (tertiary/aromatic N) is 2. The van der Waals surface area contributed by atoms with Crippen LogP contribution >= 0.6 is 0 Å². The highest BCUT2D eigenvalue weighted by molar-refractivity contribution is 5.96. The first-order valence-electron chi connectivity index (χ1n) is 9.17. The Morgan fingerprint density at radius 1 is 1.23 bits per heavy atom. The molecule has 1 aliphatic rings. The molecule has 0 spiro atoms. The van der Waals surface area contributed by atoms with E-state index in [2.05, 4.69) is 27.5 Å². The Kier molecular flexibility index (Phi) is 6.06. The van der Waals surface area contributed by atoms with Crippen LogP contribution in [-0.4, -0.2) is 42.3 Å². The molecule has 1 aliphatic heterocycles. The van der Waals surface area contributed by atoms with Gasteiger partial charge in [0.15, 0.2) is 5.76 Å². The summed E-state index contributed by atoms with van der Waals surface area (Å²) in [7, 11) is 0. The van der Waals surface area contributed by atoms with Gasteiger partial charge in [-0.25, -0.2) is 0 Å². The maximum atomic E-state index is 12.7. The smallest absolute Gasteiger partial charge is 0.257 e. The number of nitrogens with one attached hydrogen (secondary N) is 1. The van der Waals surface area contributed by atoms with Gasteiger partial charge in [0, 0.05) is 32.1 Å². The first-order valence-corrected chi connectivity index (χ1v) is 9.17. The van der Waals surface area contributed by atoms with Crippen LogP contribution in [0.4, 0.5) is 0 Å². The molecule has 0 saturated carbocycles. The van der Waals surface area contributed by atoms with E-state index in [4.69, 9.17) is 9.26 Å². The van der Waals surface area contributed by atoms with Crippen LogP contribution in [0.3, 0.4) is 0 Å². The van der Waals surface area contributed by atoms with Crippen LogP contribution < -0.4 is 5.32 Å². The van der Waals surface area contributed by atoms with Gasteiger partial charge in [-0.3, -0.25) is 9.69 Å². The number of benzene rings is 1. The summed E-state index contributed by atoms with van der Waals surface area (Å²) in [5.74, 6) is 0.626. The molecule has 0 unspecified atom stereocenters. The SMILES string of the molecule is Cc1noc(C(C)C)c1C(=O)NCc1ccccc1CN1CCOCC1. The number of morpholine rings is 1. The molecule has 140 valence electrons. The molecule has 2 heterocycles. The van der Waals surface area contributed by atoms with E-state index in [-0.39, 0.29) is 11.8 Å². The second-order valence-corrected chi connectivity index (χ2v) is 7.00. The molecule has 3 rings (SSSR count). The topological polar surface area (TPSA) is 67.6 Å². The van der Waals surface area contributed by atoms with Gasteiger partial charge in [-0.15, -0.1) is 0 Å². The third kappa shape index (κ3) is 4.31. The van der Waals surface area contributed by atoms with E-state index < -0.39 is 0 Å². The van der Waals surface area contributed by atoms with Crippen molar-refractivity contribution >= 4 is 5.91 Å². The largest absolute Gasteiger partial charge is 0.379 e. The molecular formula is C20H27N3O3. The van der Waals surface area contributed by atoms with Gasteiger partial charge in [-0.1, -0.05) is 43.3 Å². The minimum absolute atomic E-state index is 0.116. The highest BCUT2D eigenvalue weighted by Gasteiger charge is 2.22. The molecule has 0 bridgehead atoms. The van der Waals surface area contributed by atoms with Crippen molar-refractivity contribution in [3.05, 3.63) is 52.4 Å². The number of aromatic nitrogens is 1. The van der Waals surface area contributed by atoms with E-state index in [0.717, 1.165) is 38.4 Å². The number of carbonyl (C=O) groups is 1. The lowest BCUT2D eigenvalue weighted by Gasteiger charge is -2.27. The predicted molar refractivity (Wildman–Crippen MR) is 99.0 cm³/mol. The van der Waals surface area contributed by atoms with Gasteiger partial charge in [0.25, 0.3) is 5.91 Å². The number of amides is 1. The zero-order chi connectivity index (χ0) is 18.5. The van der Waals surface area contributed by atoms with E-state index >= 15 is 0 Å². The Labute approximate surface area is 154 Å². The molecule has 1 aromatic heterocycles. The zero-order valence-corrected chi connectivity index (χ0v) is 15.7. The van der Waals surface area contributed by atoms with Crippen molar-refractivity contribution in [1.82, 2.24) is 15.4 Å². The maximum Gasteiger partial charge on any atom is 0.257 e. The van der Waals surface area contributed by atoms with Gasteiger partial charge >= 0.3 is 0 Å². The number of rotatable bonds is 6. The molecule has 1 N–H and O–H groups in total. The van der Waals surface area contributed by atoms with Crippen molar-refractivity contribution < 1.29 is 14.1 Å². The number of hydrogen-bond donors (Lipinski definition) is 1. The summed E-state index contributed by atoms with van der Waals surface area (Å²) >= 11 is 0. The third-order valence-electron chi connectivity index (χ3n) is 4.70. The van der Waals surface area contributed by atoms with Gasteiger partial charge in [0.05, 0.1) is 18.9 Å². The Morgan fingerprint density at radius 2 is 1.92 bits per heavy atom. The predicted octanol–water partition coefficient (Wildman–Crippen LogP) is 2.87. The van der Waals surface area contributed by atoms with E-state index in [0.29, 0.717) is 23.6 Å². The van der Waals surface area contributed by atoms with Gasteiger partial charge in [-0.05, 0) is 18.1 Å². The summed E-state index contributed by atoms with van der Waals surface area (Å²) < 4.78 is 10.7. The van der Waals surface area contributed by atoms with Gasteiger partial charge in [-0.2, -0.15) is 0 Å². The molecular weight excluding hydrogens is 330 g/mol. The van der Waals surface area contributed by atoms with Gasteiger partial charge in [0.1, 0.15) is 5.56 Å². The molecule has 26 heavy (non-hydrogen) atoms. The number of hydrogen-bond acceptors (Lipinski definition) is 5. The van der Waals surface area contributed by atoms with E-state index in [1.165, 1.54) is 5.56 Å². The van der Waals surface area contributed by atoms with Crippen molar-refractivity contribution in [2.24, 2.45) is 0 Å². The van der Waals surface area contributed by atoms with Gasteiger partial charge < -0.3 is 14.6 Å². The first kappa shape index (κ1) is 18.6. The Morgan fingerprint density at radius 3 is 2.62 bits per heavy atom. The molecule has 1 saturated heterocycles. The molecule has 0 aliphatic carbocycles. The average Bonchev–Trinajstić information content (AvgIpc) is 3.03. The molecule has 0 radical (unpaired) electrons. The van der Waals surface area contributed by atoms with Crippen molar-refractivity contribution in [2.75, 3.05) is 26.3 Å². The molecule has 1 fully saturated rings. The Hall–Kier alpha value is -2.18. The second-order valence-electron chi connectivity index (χ2n) is 7.00. The normalized spacial score (nSPS) is 15.4. The second kappa shape index (κ2) is 8.47. The maximum absolute atomic E-state index is 12.7. The Balaban J connectivity index is 1.68. The summed E-state index contributed by atoms with van der Waals surface area (Å²) in [4.78, 5) is 15.1. The average molecular weight is 357 g/mol. The first-order chi connectivity index (χ1) is 12.6. The highest BCUT2D eigenvalue weighted by atomic mass is 16.5. The van der Waals surface area contributed by atoms with Crippen molar-refractivity contribution in [1.29, 1.82) is 0 Å². The van der Waals surface area contributed by atoms with Crippen LogP contribution in [0.2, 0.25) is 0 Å². The van der Waals surface area contributed by atoms with Crippen molar-refractivity contribution in [3.63, 3.8) is 0 Å². The standard InChI is InChI=1S/C20H27N3O3/c1-14(2)19-18(15(3)22-26-19)20(24)21-12-16-6-4-5-7-17(16)13-23-8-10-25-11-9-23/h4-7,14H,8-13H2,1-3H3,(H,21,24). The molecule has 1 aromatic carbocycles. The monoisotopic (exact) mass is 357 g/mol. The summed E-state index contributed by atoms with van der Waals surface area (Å²) in [6.07, 6.45) is 0. The molecule has 0 atom stereocenters. The van der Waals surface area contributed by atoms with Crippen LogP contribution in [-0.2, 0) is 17.8 Å². The fraction of sp³-hybridized carbons (Fsp3) is 0.500. The number of carbonyl (C=O) groups excluding carboxylic acids is 1. The van der Waals surface area contributed by atoms with E-state index in [9.17, 15) is 4.79 Å². The van der Waals surface area contributed by atoms with Crippen LogP contribution in [0.15, 0.2) is 28.8 Å². The lowest BCUT2D eigenvalue weighted by Crippen LogP contribution is -2.36. The van der Waals surface area contributed by atoms with Gasteiger partial charge in [0.2, 0.25) is 0 Å². The Bertz CT molecular complexity index is 749. The molecule has 6 heteroatoms. The van der Waals surface area contributed by atoms with Crippen LogP contribution in [0.1, 0.15) is 52.7 Å². The van der Waals surface area contributed by atoms with Crippen molar-refractivity contribution in [2.45, 2.75) is 39.8 Å². The minimum Gasteiger partial charge on any atom is -0.379 e. The summed E-state index contributed by atoms with van der Waals surface area (Å²) in [5, 5.41) is 6.99. The molecule has 1 amide bonds. The molecule has 6 nitrogen and oxygen atoms in total. The van der Waals surface area contributed by atoms with Crippen LogP contribution in [0.25, 0.3) is 0 Å². The van der Waals surface area contributed by atoms with Crippen LogP contribution in [0.5, 0.6) is 0 Å².